The summed E-state index contributed by atoms with van der Waals surface area (Å²) in [6.07, 6.45) is 0.358. The quantitative estimate of drug-likeness (QED) is 0.210. The van der Waals surface area contributed by atoms with Crippen LogP contribution >= 0.6 is 0 Å². The van der Waals surface area contributed by atoms with Gasteiger partial charge in [0.25, 0.3) is 0 Å². The van der Waals surface area contributed by atoms with Crippen LogP contribution in [0.2, 0.25) is 0 Å². The number of nitrogens with one attached hydrogen (secondary N) is 1. The average Bonchev–Trinajstić information content (AvgIpc) is 2.96. The second-order valence-electron chi connectivity index (χ2n) is 9.32. The highest BCUT2D eigenvalue weighted by atomic mass is 32.2. The van der Waals surface area contributed by atoms with E-state index in [4.69, 9.17) is 14.2 Å². The highest BCUT2D eigenvalue weighted by Crippen LogP contribution is 2.46. The molecule has 2 fully saturated rings. The minimum Gasteiger partial charge on any atom is -0.445 e. The number of unbranched alkanes of at least 4 members (excludes halogenated alkanes) is 2. The lowest BCUT2D eigenvalue weighted by atomic mass is 9.96. The maximum absolute atomic E-state index is 13.2. The number of ether oxygens (including phenoxy) is 3. The molecule has 1 aromatic rings. The Morgan fingerprint density at radius 1 is 1.11 bits per heavy atom. The molecule has 2 aliphatic heterocycles. The van der Waals surface area contributed by atoms with Crippen LogP contribution in [-0.2, 0) is 45.0 Å². The minimum absolute atomic E-state index is 0.0653. The number of carbonyl (C=O) groups excluding carboxylic acids is 4. The molecule has 11 nitrogen and oxygen atoms in total. The van der Waals surface area contributed by atoms with Crippen molar-refractivity contribution < 1.29 is 41.8 Å². The van der Waals surface area contributed by atoms with Crippen LogP contribution in [0.15, 0.2) is 30.3 Å². The highest BCUT2D eigenvalue weighted by Gasteiger charge is 2.73. The number of hydrogen-bond acceptors (Lipinski definition) is 9. The number of esters is 2. The fraction of sp³-hybridized carbons (Fsp3) is 0.583. The van der Waals surface area contributed by atoms with Gasteiger partial charge in [-0.1, -0.05) is 50.1 Å². The molecule has 36 heavy (non-hydrogen) atoms. The van der Waals surface area contributed by atoms with E-state index in [0.29, 0.717) is 12.0 Å². The molecular formula is C24H32N2O9S. The molecule has 2 unspecified atom stereocenters. The zero-order valence-corrected chi connectivity index (χ0v) is 21.6. The zero-order valence-electron chi connectivity index (χ0n) is 20.8. The number of amides is 2. The van der Waals surface area contributed by atoms with Crippen molar-refractivity contribution in [2.75, 3.05) is 0 Å². The summed E-state index contributed by atoms with van der Waals surface area (Å²) in [7, 11) is -4.10. The van der Waals surface area contributed by atoms with Gasteiger partial charge < -0.3 is 24.4 Å². The average molecular weight is 525 g/mol. The van der Waals surface area contributed by atoms with Crippen molar-refractivity contribution in [2.45, 2.75) is 88.5 Å². The Morgan fingerprint density at radius 2 is 1.78 bits per heavy atom. The minimum atomic E-state index is -4.10. The van der Waals surface area contributed by atoms with Gasteiger partial charge in [-0.15, -0.1) is 0 Å². The lowest BCUT2D eigenvalue weighted by Gasteiger charge is -2.42. The van der Waals surface area contributed by atoms with Gasteiger partial charge in [0.1, 0.15) is 23.4 Å². The number of rotatable bonds is 10. The van der Waals surface area contributed by atoms with Gasteiger partial charge in [0.05, 0.1) is 0 Å². The first-order valence-corrected chi connectivity index (χ1v) is 13.4. The number of sulfone groups is 1. The molecule has 12 heteroatoms. The lowest BCUT2D eigenvalue weighted by Crippen LogP contribution is -2.72. The van der Waals surface area contributed by atoms with Gasteiger partial charge in [-0.25, -0.2) is 18.0 Å². The number of benzene rings is 1. The van der Waals surface area contributed by atoms with Crippen LogP contribution < -0.4 is 5.32 Å². The summed E-state index contributed by atoms with van der Waals surface area (Å²) in [5.41, 5.74) is 0.715. The predicted octanol–water partition coefficient (Wildman–Crippen LogP) is 2.04. The molecule has 198 valence electrons. The number of hydrogen-bond donors (Lipinski definition) is 1. The number of fused-ring (bicyclic) bond motifs is 1. The van der Waals surface area contributed by atoms with Gasteiger partial charge in [0.2, 0.25) is 12.2 Å². The molecule has 2 saturated heterocycles. The molecule has 1 N–H and O–H groups in total. The number of alkyl carbamates (subject to hydrolysis) is 1. The summed E-state index contributed by atoms with van der Waals surface area (Å²) < 4.78 is 40.1. The highest BCUT2D eigenvalue weighted by molar-refractivity contribution is 7.94. The van der Waals surface area contributed by atoms with Gasteiger partial charge in [-0.3, -0.25) is 9.59 Å². The third kappa shape index (κ3) is 5.32. The van der Waals surface area contributed by atoms with Gasteiger partial charge >= 0.3 is 18.0 Å². The van der Waals surface area contributed by atoms with Gasteiger partial charge in [-0.2, -0.15) is 0 Å². The molecule has 0 radical (unpaired) electrons. The van der Waals surface area contributed by atoms with Crippen molar-refractivity contribution >= 4 is 33.8 Å². The molecule has 2 amide bonds. The molecule has 0 spiro atoms. The molecular weight excluding hydrogens is 492 g/mol. The molecule has 2 aliphatic rings. The Hall–Kier alpha value is -3.15. The summed E-state index contributed by atoms with van der Waals surface area (Å²) in [6, 6.07) is 5.96. The van der Waals surface area contributed by atoms with Gasteiger partial charge in [0.15, 0.2) is 15.2 Å². The Labute approximate surface area is 210 Å². The molecule has 0 bridgehead atoms. The number of nitrogens with zero attached hydrogens (tertiary/aromatic N) is 1. The maximum Gasteiger partial charge on any atom is 0.408 e. The molecule has 1 aromatic carbocycles. The predicted molar refractivity (Wildman–Crippen MR) is 127 cm³/mol. The smallest absolute Gasteiger partial charge is 0.408 e. The second-order valence-corrected chi connectivity index (χ2v) is 11.9. The Kier molecular flexibility index (Phi) is 8.27. The lowest BCUT2D eigenvalue weighted by molar-refractivity contribution is -0.191. The molecule has 2 heterocycles. The largest absolute Gasteiger partial charge is 0.445 e. The van der Waals surface area contributed by atoms with E-state index in [1.165, 1.54) is 20.8 Å². The summed E-state index contributed by atoms with van der Waals surface area (Å²) >= 11 is 0. The fourth-order valence-electron chi connectivity index (χ4n) is 4.33. The summed E-state index contributed by atoms with van der Waals surface area (Å²) in [5, 5.41) is 0.849. The first-order valence-electron chi connectivity index (χ1n) is 11.8. The third-order valence-electron chi connectivity index (χ3n) is 6.34. The van der Waals surface area contributed by atoms with Crippen molar-refractivity contribution in [2.24, 2.45) is 0 Å². The van der Waals surface area contributed by atoms with Crippen LogP contribution in [0.25, 0.3) is 0 Å². The molecule has 0 saturated carbocycles. The van der Waals surface area contributed by atoms with E-state index in [1.54, 1.807) is 30.3 Å². The van der Waals surface area contributed by atoms with Crippen molar-refractivity contribution in [3.05, 3.63) is 35.9 Å². The van der Waals surface area contributed by atoms with Gasteiger partial charge in [0, 0.05) is 13.3 Å². The normalized spacial score (nSPS) is 24.2. The van der Waals surface area contributed by atoms with E-state index in [0.717, 1.165) is 17.7 Å². The molecule has 0 aromatic heterocycles. The summed E-state index contributed by atoms with van der Waals surface area (Å²) in [4.78, 5) is 50.8. The number of carbonyl (C=O) groups is 4. The van der Waals surface area contributed by atoms with Crippen LogP contribution in [0.1, 0.15) is 58.9 Å². The summed E-state index contributed by atoms with van der Waals surface area (Å²) in [6.45, 7) is 5.89. The Morgan fingerprint density at radius 3 is 2.42 bits per heavy atom. The Bertz CT molecular complexity index is 1100. The van der Waals surface area contributed by atoms with Gasteiger partial charge in [-0.05, 0) is 25.8 Å². The Balaban J connectivity index is 1.64. The van der Waals surface area contributed by atoms with E-state index in [2.05, 4.69) is 5.32 Å². The molecule has 4 atom stereocenters. The first kappa shape index (κ1) is 27.4. The second kappa shape index (κ2) is 10.9. The van der Waals surface area contributed by atoms with E-state index < -0.39 is 62.3 Å². The van der Waals surface area contributed by atoms with Crippen LogP contribution in [-0.4, -0.2) is 65.8 Å². The first-order chi connectivity index (χ1) is 16.9. The van der Waals surface area contributed by atoms with Crippen LogP contribution in [0, 0.1) is 0 Å². The van der Waals surface area contributed by atoms with Crippen molar-refractivity contribution in [1.82, 2.24) is 10.2 Å². The fourth-order valence-corrected chi connectivity index (χ4v) is 6.54. The molecule has 3 rings (SSSR count). The van der Waals surface area contributed by atoms with E-state index in [9.17, 15) is 27.6 Å². The number of β-lactam (4-membered cyclic amide) rings is 1. The third-order valence-corrected chi connectivity index (χ3v) is 9.17. The maximum atomic E-state index is 13.2. The van der Waals surface area contributed by atoms with Crippen LogP contribution in [0.5, 0.6) is 0 Å². The van der Waals surface area contributed by atoms with Crippen molar-refractivity contribution in [3.8, 4) is 0 Å². The van der Waals surface area contributed by atoms with E-state index in [-0.39, 0.29) is 13.0 Å². The monoisotopic (exact) mass is 524 g/mol. The van der Waals surface area contributed by atoms with Crippen molar-refractivity contribution in [1.29, 1.82) is 0 Å². The van der Waals surface area contributed by atoms with Crippen molar-refractivity contribution in [3.63, 3.8) is 0 Å². The molecule has 0 aliphatic carbocycles. The van der Waals surface area contributed by atoms with Crippen LogP contribution in [0.4, 0.5) is 4.79 Å². The zero-order chi connectivity index (χ0) is 26.7. The topological polar surface area (TPSA) is 145 Å². The summed E-state index contributed by atoms with van der Waals surface area (Å²) in [5.74, 6) is -2.31. The standard InChI is InChI=1S/C24H32N2O9S/c1-5-6-8-13-17(27)34-15(2)35-22(29)19-24(3,4)36(31,32)21-18(20(28)26(19)21)25-23(30)33-14-16-11-9-7-10-12-16/h7,9-12,15,18-19,21H,5-6,8,13-14H2,1-4H3,(H,25,30)/t15?,18?,19-,21+/m0/s1. The van der Waals surface area contributed by atoms with E-state index >= 15 is 0 Å². The SMILES string of the molecule is CCCCCC(=O)OC(C)OC(=O)[C@@H]1N2C(=O)C(NC(=O)OCc3ccccc3)[C@H]2S(=O)(=O)C1(C)C. The van der Waals surface area contributed by atoms with Crippen LogP contribution in [0.3, 0.4) is 0 Å². The van der Waals surface area contributed by atoms with E-state index in [1.807, 2.05) is 6.92 Å².